The van der Waals surface area contributed by atoms with Gasteiger partial charge in [0.1, 0.15) is 0 Å². The van der Waals surface area contributed by atoms with Crippen molar-refractivity contribution in [2.45, 2.75) is 0 Å². The molecule has 0 radical (unpaired) electrons. The second-order valence-corrected chi connectivity index (χ2v) is 1.77. The second-order valence-electron chi connectivity index (χ2n) is 1.77. The van der Waals surface area contributed by atoms with Gasteiger partial charge in [-0.1, -0.05) is 6.58 Å². The Morgan fingerprint density at radius 3 is 1.64 bits per heavy atom. The van der Waals surface area contributed by atoms with Crippen molar-refractivity contribution in [3.05, 3.63) is 12.7 Å². The predicted molar refractivity (Wildman–Crippen MR) is 39.5 cm³/mol. The predicted octanol–water partition coefficient (Wildman–Crippen LogP) is 0.290. The fourth-order valence-corrected chi connectivity index (χ4v) is 0.440. The Hall–Kier alpha value is -0.870. The molecule has 0 bridgehead atoms. The van der Waals surface area contributed by atoms with E-state index in [4.69, 9.17) is 14.6 Å². The highest BCUT2D eigenvalue weighted by molar-refractivity contribution is 5.78. The number of carboxylic acids is 1. The van der Waals surface area contributed by atoms with Crippen molar-refractivity contribution >= 4 is 5.97 Å². The Labute approximate surface area is 65.4 Å². The van der Waals surface area contributed by atoms with Crippen LogP contribution in [0, 0.1) is 0 Å². The lowest BCUT2D eigenvalue weighted by Gasteiger charge is -2.09. The van der Waals surface area contributed by atoms with Crippen molar-refractivity contribution < 1.29 is 19.4 Å². The summed E-state index contributed by atoms with van der Waals surface area (Å²) in [6, 6.07) is 0. The van der Waals surface area contributed by atoms with E-state index in [2.05, 4.69) is 6.58 Å². The van der Waals surface area contributed by atoms with Crippen molar-refractivity contribution in [2.24, 2.45) is 0 Å². The van der Waals surface area contributed by atoms with E-state index in [0.29, 0.717) is 0 Å². The van der Waals surface area contributed by atoms with E-state index in [0.717, 1.165) is 32.5 Å². The Bertz CT molecular complexity index is 106. The zero-order chi connectivity index (χ0) is 8.53. The van der Waals surface area contributed by atoms with Crippen LogP contribution in [0.1, 0.15) is 0 Å². The summed E-state index contributed by atoms with van der Waals surface area (Å²) in [4.78, 5) is 9.25. The van der Waals surface area contributed by atoms with Crippen LogP contribution in [0.25, 0.3) is 0 Å². The number of hydrogen-bond acceptors (Lipinski definition) is 3. The molecule has 0 amide bonds. The molecule has 0 saturated carbocycles. The summed E-state index contributed by atoms with van der Waals surface area (Å²) >= 11 is 0. The third kappa shape index (κ3) is 9.13. The first kappa shape index (κ1) is 10.1. The molecule has 0 aliphatic carbocycles. The zero-order valence-corrected chi connectivity index (χ0v) is 6.28. The molecule has 1 heterocycles. The van der Waals surface area contributed by atoms with Gasteiger partial charge < -0.3 is 14.6 Å². The third-order valence-electron chi connectivity index (χ3n) is 0.919. The highest BCUT2D eigenvalue weighted by Crippen LogP contribution is 1.85. The average molecular weight is 160 g/mol. The summed E-state index contributed by atoms with van der Waals surface area (Å²) in [7, 11) is 0. The lowest BCUT2D eigenvalue weighted by atomic mass is 10.6. The molecule has 4 nitrogen and oxygen atoms in total. The molecule has 1 rings (SSSR count). The van der Waals surface area contributed by atoms with E-state index in [-0.39, 0.29) is 0 Å². The third-order valence-corrected chi connectivity index (χ3v) is 0.919. The lowest BCUT2D eigenvalue weighted by Crippen LogP contribution is -2.16. The number of carboxylic acid groups (broad SMARTS) is 1. The van der Waals surface area contributed by atoms with E-state index in [1.807, 2.05) is 0 Å². The van der Waals surface area contributed by atoms with Crippen LogP contribution in [0.2, 0.25) is 0 Å². The number of rotatable bonds is 1. The highest BCUT2D eigenvalue weighted by Gasteiger charge is 1.94. The number of hydrogen-bond donors (Lipinski definition) is 1. The average Bonchev–Trinajstić information content (AvgIpc) is 2.09. The van der Waals surface area contributed by atoms with Gasteiger partial charge in [0.25, 0.3) is 0 Å². The van der Waals surface area contributed by atoms with Crippen LogP contribution in [-0.4, -0.2) is 37.5 Å². The maximum Gasteiger partial charge on any atom is 0.327 e. The van der Waals surface area contributed by atoms with E-state index >= 15 is 0 Å². The van der Waals surface area contributed by atoms with Gasteiger partial charge in [0, 0.05) is 6.08 Å². The zero-order valence-electron chi connectivity index (χ0n) is 6.28. The molecular weight excluding hydrogens is 148 g/mol. The van der Waals surface area contributed by atoms with Gasteiger partial charge >= 0.3 is 5.97 Å². The molecule has 11 heavy (non-hydrogen) atoms. The quantitative estimate of drug-likeness (QED) is 0.560. The first-order valence-electron chi connectivity index (χ1n) is 3.28. The van der Waals surface area contributed by atoms with Gasteiger partial charge in [-0.25, -0.2) is 4.79 Å². The molecule has 1 aliphatic rings. The van der Waals surface area contributed by atoms with Crippen molar-refractivity contribution in [3.8, 4) is 0 Å². The van der Waals surface area contributed by atoms with E-state index in [1.54, 1.807) is 0 Å². The molecule has 0 spiro atoms. The van der Waals surface area contributed by atoms with Crippen LogP contribution in [0.4, 0.5) is 0 Å². The lowest BCUT2D eigenvalue weighted by molar-refractivity contribution is -0.131. The molecule has 1 aliphatic heterocycles. The molecule has 1 fully saturated rings. The van der Waals surface area contributed by atoms with Crippen LogP contribution >= 0.6 is 0 Å². The summed E-state index contributed by atoms with van der Waals surface area (Å²) in [5.74, 6) is -0.981. The fraction of sp³-hybridized carbons (Fsp3) is 0.571. The minimum Gasteiger partial charge on any atom is -0.478 e. The fourth-order valence-electron chi connectivity index (χ4n) is 0.440. The normalized spacial score (nSPS) is 16.0. The van der Waals surface area contributed by atoms with Gasteiger partial charge in [-0.3, -0.25) is 0 Å². The molecule has 0 aromatic heterocycles. The molecule has 1 saturated heterocycles. The molecular formula is C7H12O4. The van der Waals surface area contributed by atoms with Crippen LogP contribution in [0.15, 0.2) is 12.7 Å². The Morgan fingerprint density at radius 1 is 1.27 bits per heavy atom. The SMILES string of the molecule is C1COCCO1.C=CC(=O)O. The molecule has 0 aromatic carbocycles. The summed E-state index contributed by atoms with van der Waals surface area (Å²) in [6.07, 6.45) is 0.833. The Balaban J connectivity index is 0.000000187. The summed E-state index contributed by atoms with van der Waals surface area (Å²) in [5, 5.41) is 7.60. The van der Waals surface area contributed by atoms with Crippen LogP contribution in [0.3, 0.4) is 0 Å². The highest BCUT2D eigenvalue weighted by atomic mass is 16.6. The summed E-state index contributed by atoms with van der Waals surface area (Å²) in [5.41, 5.74) is 0. The monoisotopic (exact) mass is 160 g/mol. The molecule has 1 N–H and O–H groups in total. The first-order chi connectivity index (χ1) is 5.27. The molecule has 0 aromatic rings. The van der Waals surface area contributed by atoms with Gasteiger partial charge in [0.05, 0.1) is 26.4 Å². The number of ether oxygens (including phenoxy) is 2. The smallest absolute Gasteiger partial charge is 0.327 e. The van der Waals surface area contributed by atoms with Crippen molar-refractivity contribution in [3.63, 3.8) is 0 Å². The Kier molecular flexibility index (Phi) is 6.67. The Morgan fingerprint density at radius 2 is 1.55 bits per heavy atom. The topological polar surface area (TPSA) is 55.8 Å². The second kappa shape index (κ2) is 7.24. The number of carbonyl (C=O) groups is 1. The van der Waals surface area contributed by atoms with Crippen molar-refractivity contribution in [1.29, 1.82) is 0 Å². The number of aliphatic carboxylic acids is 1. The molecule has 4 heteroatoms. The van der Waals surface area contributed by atoms with E-state index in [1.165, 1.54) is 0 Å². The van der Waals surface area contributed by atoms with E-state index < -0.39 is 5.97 Å². The van der Waals surface area contributed by atoms with Gasteiger partial charge in [0.15, 0.2) is 0 Å². The van der Waals surface area contributed by atoms with Gasteiger partial charge in [-0.2, -0.15) is 0 Å². The minimum absolute atomic E-state index is 0.778. The van der Waals surface area contributed by atoms with Crippen LogP contribution in [0.5, 0.6) is 0 Å². The summed E-state index contributed by atoms with van der Waals surface area (Å²) in [6.45, 7) is 6.07. The minimum atomic E-state index is -0.981. The first-order valence-corrected chi connectivity index (χ1v) is 3.28. The van der Waals surface area contributed by atoms with Gasteiger partial charge in [-0.05, 0) is 0 Å². The van der Waals surface area contributed by atoms with Gasteiger partial charge in [0.2, 0.25) is 0 Å². The van der Waals surface area contributed by atoms with Gasteiger partial charge in [-0.15, -0.1) is 0 Å². The standard InChI is InChI=1S/C4H8O2.C3H4O2/c1-2-6-4-3-5-1;1-2-3(4)5/h1-4H2;2H,1H2,(H,4,5). The van der Waals surface area contributed by atoms with Crippen LogP contribution in [-0.2, 0) is 14.3 Å². The maximum absolute atomic E-state index is 9.25. The van der Waals surface area contributed by atoms with Crippen LogP contribution < -0.4 is 0 Å². The van der Waals surface area contributed by atoms with E-state index in [9.17, 15) is 4.79 Å². The maximum atomic E-state index is 9.25. The van der Waals surface area contributed by atoms with Crippen molar-refractivity contribution in [1.82, 2.24) is 0 Å². The molecule has 64 valence electrons. The van der Waals surface area contributed by atoms with Crippen molar-refractivity contribution in [2.75, 3.05) is 26.4 Å². The molecule has 0 unspecified atom stereocenters. The molecule has 0 atom stereocenters. The largest absolute Gasteiger partial charge is 0.478 e. The summed E-state index contributed by atoms with van der Waals surface area (Å²) < 4.78 is 9.89.